The maximum Gasteiger partial charge on any atom is 0.332 e. The maximum absolute atomic E-state index is 12.7. The van der Waals surface area contributed by atoms with Crippen molar-refractivity contribution in [2.75, 3.05) is 13.2 Å². The van der Waals surface area contributed by atoms with Crippen LogP contribution in [0.3, 0.4) is 0 Å². The highest BCUT2D eigenvalue weighted by Crippen LogP contribution is 2.15. The molecular formula is C25H32N4O6. The Morgan fingerprint density at radius 3 is 2.43 bits per heavy atom. The predicted octanol–water partition coefficient (Wildman–Crippen LogP) is 2.60. The molecule has 0 bridgehead atoms. The average molecular weight is 485 g/mol. The first-order chi connectivity index (χ1) is 16.8. The predicted molar refractivity (Wildman–Crippen MR) is 131 cm³/mol. The molecule has 0 aliphatic heterocycles. The van der Waals surface area contributed by atoms with Crippen molar-refractivity contribution in [3.63, 3.8) is 0 Å². The zero-order chi connectivity index (χ0) is 25.4. The second-order valence-corrected chi connectivity index (χ2v) is 8.40. The van der Waals surface area contributed by atoms with E-state index < -0.39 is 17.2 Å². The molecular weight excluding hydrogens is 452 g/mol. The molecule has 1 aromatic carbocycles. The summed E-state index contributed by atoms with van der Waals surface area (Å²) < 4.78 is 14.8. The van der Waals surface area contributed by atoms with Gasteiger partial charge in [0.25, 0.3) is 5.56 Å². The summed E-state index contributed by atoms with van der Waals surface area (Å²) in [6, 6.07) is 6.90. The molecule has 0 atom stereocenters. The minimum absolute atomic E-state index is 0.0344. The van der Waals surface area contributed by atoms with E-state index in [1.54, 1.807) is 42.9 Å². The molecule has 10 nitrogen and oxygen atoms in total. The van der Waals surface area contributed by atoms with Crippen molar-refractivity contribution in [1.29, 1.82) is 0 Å². The molecule has 2 aromatic heterocycles. The lowest BCUT2D eigenvalue weighted by Crippen LogP contribution is -2.39. The van der Waals surface area contributed by atoms with Crippen LogP contribution in [0.5, 0.6) is 5.75 Å². The summed E-state index contributed by atoms with van der Waals surface area (Å²) in [7, 11) is 3.24. The number of aromatic nitrogens is 4. The van der Waals surface area contributed by atoms with Gasteiger partial charge < -0.3 is 14.0 Å². The Bertz CT molecular complexity index is 1290. The number of nitrogens with zero attached hydrogens (tertiary/aromatic N) is 4. The first-order valence-electron chi connectivity index (χ1n) is 11.9. The highest BCUT2D eigenvalue weighted by atomic mass is 16.5. The van der Waals surface area contributed by atoms with Crippen LogP contribution in [-0.2, 0) is 30.2 Å². The van der Waals surface area contributed by atoms with Gasteiger partial charge in [-0.2, -0.15) is 0 Å². The van der Waals surface area contributed by atoms with Gasteiger partial charge in [0.2, 0.25) is 0 Å². The van der Waals surface area contributed by atoms with Gasteiger partial charge in [-0.25, -0.2) is 9.78 Å². The van der Waals surface area contributed by atoms with Gasteiger partial charge in [-0.3, -0.25) is 23.5 Å². The Labute approximate surface area is 203 Å². The summed E-state index contributed by atoms with van der Waals surface area (Å²) in [5, 5.41) is 0. The minimum Gasteiger partial charge on any atom is -0.494 e. The fourth-order valence-electron chi connectivity index (χ4n) is 3.71. The van der Waals surface area contributed by atoms with Crippen LogP contribution in [0.2, 0.25) is 0 Å². The molecule has 0 spiro atoms. The molecule has 3 rings (SSSR count). The molecule has 0 N–H and O–H groups in total. The largest absolute Gasteiger partial charge is 0.494 e. The van der Waals surface area contributed by atoms with E-state index in [0.29, 0.717) is 29.1 Å². The summed E-state index contributed by atoms with van der Waals surface area (Å²) >= 11 is 0. The van der Waals surface area contributed by atoms with Gasteiger partial charge in [0.15, 0.2) is 16.9 Å². The molecule has 0 aliphatic rings. The lowest BCUT2D eigenvalue weighted by molar-refractivity contribution is -0.143. The van der Waals surface area contributed by atoms with Gasteiger partial charge in [-0.15, -0.1) is 0 Å². The molecule has 0 amide bonds. The van der Waals surface area contributed by atoms with Gasteiger partial charge in [-0.1, -0.05) is 19.8 Å². The molecule has 3 aromatic rings. The van der Waals surface area contributed by atoms with Crippen LogP contribution in [0.25, 0.3) is 11.2 Å². The second-order valence-electron chi connectivity index (χ2n) is 8.40. The highest BCUT2D eigenvalue weighted by molar-refractivity contribution is 5.97. The average Bonchev–Trinajstić information content (AvgIpc) is 3.25. The van der Waals surface area contributed by atoms with Crippen LogP contribution in [0.1, 0.15) is 55.8 Å². The third-order valence-electron chi connectivity index (χ3n) is 5.74. The molecule has 0 aliphatic carbocycles. The second kappa shape index (κ2) is 12.1. The molecule has 0 saturated heterocycles. The number of ether oxygens (including phenoxy) is 2. The monoisotopic (exact) mass is 484 g/mol. The number of aryl methyl sites for hydroxylation is 2. The van der Waals surface area contributed by atoms with Crippen LogP contribution in [0.4, 0.5) is 0 Å². The van der Waals surface area contributed by atoms with Crippen molar-refractivity contribution in [1.82, 2.24) is 18.7 Å². The number of fused-ring (bicyclic) bond motifs is 1. The Morgan fingerprint density at radius 1 is 0.971 bits per heavy atom. The summed E-state index contributed by atoms with van der Waals surface area (Å²) in [4.78, 5) is 53.6. The Morgan fingerprint density at radius 2 is 1.71 bits per heavy atom. The number of hydrogen-bond donors (Lipinski definition) is 0. The van der Waals surface area contributed by atoms with E-state index in [9.17, 15) is 19.2 Å². The van der Waals surface area contributed by atoms with Crippen LogP contribution in [0, 0.1) is 0 Å². The van der Waals surface area contributed by atoms with Gasteiger partial charge in [0.05, 0.1) is 26.0 Å². The van der Waals surface area contributed by atoms with Crippen LogP contribution >= 0.6 is 0 Å². The van der Waals surface area contributed by atoms with Crippen LogP contribution < -0.4 is 16.0 Å². The third-order valence-corrected chi connectivity index (χ3v) is 5.74. The van der Waals surface area contributed by atoms with Crippen molar-refractivity contribution >= 4 is 22.9 Å². The van der Waals surface area contributed by atoms with E-state index >= 15 is 0 Å². The normalized spacial score (nSPS) is 11.1. The molecule has 0 radical (unpaired) electrons. The molecule has 2 heterocycles. The lowest BCUT2D eigenvalue weighted by atomic mass is 10.1. The molecule has 0 fully saturated rings. The molecule has 0 saturated carbocycles. The number of ketones is 1. The SMILES string of the molecule is CCCCCOc1ccc(C(=O)CCC(=O)OCCCn2c(=O)c3c(ncn3C)n(C)c2=O)cc1. The first-order valence-corrected chi connectivity index (χ1v) is 11.9. The summed E-state index contributed by atoms with van der Waals surface area (Å²) in [6.07, 6.45) is 5.00. The van der Waals surface area contributed by atoms with E-state index in [4.69, 9.17) is 9.47 Å². The Hall–Kier alpha value is -3.69. The van der Waals surface area contributed by atoms with Crippen LogP contribution in [-0.4, -0.2) is 43.7 Å². The molecule has 0 unspecified atom stereocenters. The maximum atomic E-state index is 12.7. The Balaban J connectivity index is 1.43. The molecule has 188 valence electrons. The number of imidazole rings is 1. The highest BCUT2D eigenvalue weighted by Gasteiger charge is 2.15. The number of unbranched alkanes of at least 4 members (excludes halogenated alkanes) is 2. The lowest BCUT2D eigenvalue weighted by Gasteiger charge is -2.09. The number of carbonyl (C=O) groups excluding carboxylic acids is 2. The molecule has 10 heteroatoms. The first kappa shape index (κ1) is 25.9. The number of carbonyl (C=O) groups is 2. The van der Waals surface area contributed by atoms with Gasteiger partial charge >= 0.3 is 11.7 Å². The summed E-state index contributed by atoms with van der Waals surface area (Å²) in [5.41, 5.74) is 0.259. The number of Topliss-reactive ketones (excluding diaryl/α,β-unsaturated/α-hetero) is 1. The fraction of sp³-hybridized carbons (Fsp3) is 0.480. The van der Waals surface area contributed by atoms with Crippen LogP contribution in [0.15, 0.2) is 40.2 Å². The van der Waals surface area contributed by atoms with Crippen molar-refractivity contribution in [2.45, 2.75) is 52.0 Å². The number of esters is 1. The number of benzene rings is 1. The van der Waals surface area contributed by atoms with Gasteiger partial charge in [-0.05, 0) is 37.1 Å². The van der Waals surface area contributed by atoms with E-state index in [1.807, 2.05) is 0 Å². The third kappa shape index (κ3) is 6.46. The van der Waals surface area contributed by atoms with E-state index in [2.05, 4.69) is 11.9 Å². The zero-order valence-electron chi connectivity index (χ0n) is 20.5. The zero-order valence-corrected chi connectivity index (χ0v) is 20.5. The van der Waals surface area contributed by atoms with Crippen molar-refractivity contribution in [3.05, 3.63) is 57.0 Å². The quantitative estimate of drug-likeness (QED) is 0.208. The summed E-state index contributed by atoms with van der Waals surface area (Å²) in [5.74, 6) is 0.0594. The topological polar surface area (TPSA) is 114 Å². The van der Waals surface area contributed by atoms with Crippen molar-refractivity contribution in [3.8, 4) is 5.75 Å². The fourth-order valence-corrected chi connectivity index (χ4v) is 3.71. The van der Waals surface area contributed by atoms with Gasteiger partial charge in [0.1, 0.15) is 5.75 Å². The molecule has 35 heavy (non-hydrogen) atoms. The number of rotatable bonds is 13. The summed E-state index contributed by atoms with van der Waals surface area (Å²) in [6.45, 7) is 2.92. The van der Waals surface area contributed by atoms with Gasteiger partial charge in [0, 0.05) is 32.6 Å². The van der Waals surface area contributed by atoms with E-state index in [1.165, 1.54) is 10.9 Å². The minimum atomic E-state index is -0.503. The van der Waals surface area contributed by atoms with Crippen molar-refractivity contribution in [2.24, 2.45) is 14.1 Å². The van der Waals surface area contributed by atoms with Crippen molar-refractivity contribution < 1.29 is 19.1 Å². The number of hydrogen-bond acceptors (Lipinski definition) is 7. The smallest absolute Gasteiger partial charge is 0.332 e. The van der Waals surface area contributed by atoms with E-state index in [-0.39, 0.29) is 38.2 Å². The van der Waals surface area contributed by atoms with E-state index in [0.717, 1.165) is 23.8 Å². The standard InChI is InChI=1S/C25H32N4O6/c1-4-5-6-15-34-19-10-8-18(9-11-19)20(30)12-13-21(31)35-16-7-14-29-24(32)22-23(26-17-27(22)2)28(3)25(29)33/h8-11,17H,4-7,12-16H2,1-3H3. The Kier molecular flexibility index (Phi) is 8.99.